The number of nitrogens with two attached hydrogens (primary N) is 1. The molecule has 0 bridgehead atoms. The van der Waals surface area contributed by atoms with Gasteiger partial charge in [0, 0.05) is 40.8 Å². The molecule has 0 aliphatic carbocycles. The van der Waals surface area contributed by atoms with Crippen LogP contribution in [0.5, 0.6) is 0 Å². The normalized spacial score (nSPS) is 10.2. The summed E-state index contributed by atoms with van der Waals surface area (Å²) < 4.78 is 0. The molecule has 3 N–H and O–H groups in total. The number of benzene rings is 1. The van der Waals surface area contributed by atoms with Crippen LogP contribution in [0.25, 0.3) is 0 Å². The van der Waals surface area contributed by atoms with Gasteiger partial charge in [-0.3, -0.25) is 9.78 Å². The molecule has 2 aromatic rings. The van der Waals surface area contributed by atoms with Crippen LogP contribution in [0.15, 0.2) is 47.6 Å². The van der Waals surface area contributed by atoms with Gasteiger partial charge in [0.25, 0.3) is 0 Å². The highest BCUT2D eigenvalue weighted by Gasteiger charge is 2.06. The highest BCUT2D eigenvalue weighted by atomic mass is 32.2. The summed E-state index contributed by atoms with van der Waals surface area (Å²) in [4.78, 5) is 17.0. The molecule has 0 saturated heterocycles. The van der Waals surface area contributed by atoms with Crippen molar-refractivity contribution >= 4 is 29.0 Å². The quantitative estimate of drug-likeness (QED) is 0.655. The number of nitrogen functional groups attached to an aromatic ring is 1. The van der Waals surface area contributed by atoms with E-state index in [4.69, 9.17) is 5.73 Å². The zero-order valence-electron chi connectivity index (χ0n) is 11.3. The lowest BCUT2D eigenvalue weighted by atomic mass is 10.1. The number of carbonyl (C=O) groups excluding carboxylic acids is 1. The minimum absolute atomic E-state index is 0.000237. The van der Waals surface area contributed by atoms with E-state index in [0.717, 1.165) is 21.9 Å². The van der Waals surface area contributed by atoms with Crippen LogP contribution in [0, 0.1) is 6.92 Å². The average Bonchev–Trinajstić information content (AvgIpc) is 2.45. The summed E-state index contributed by atoms with van der Waals surface area (Å²) in [7, 11) is 0. The molecule has 0 atom stereocenters. The van der Waals surface area contributed by atoms with Crippen molar-refractivity contribution in [2.75, 3.05) is 16.8 Å². The molecule has 0 unspecified atom stereocenters. The number of thioether (sulfide) groups is 1. The van der Waals surface area contributed by atoms with Crippen LogP contribution in [-0.2, 0) is 4.79 Å². The van der Waals surface area contributed by atoms with E-state index < -0.39 is 0 Å². The first-order valence-electron chi connectivity index (χ1n) is 6.34. The predicted molar refractivity (Wildman–Crippen MR) is 83.8 cm³/mol. The first kappa shape index (κ1) is 14.4. The monoisotopic (exact) mass is 287 g/mol. The van der Waals surface area contributed by atoms with Crippen LogP contribution >= 0.6 is 11.8 Å². The fraction of sp³-hybridized carbons (Fsp3) is 0.200. The largest absolute Gasteiger partial charge is 0.398 e. The van der Waals surface area contributed by atoms with Gasteiger partial charge < -0.3 is 11.1 Å². The molecule has 2 rings (SSSR count). The number of rotatable bonds is 5. The minimum Gasteiger partial charge on any atom is -0.398 e. The maximum Gasteiger partial charge on any atom is 0.225 e. The third kappa shape index (κ3) is 3.99. The summed E-state index contributed by atoms with van der Waals surface area (Å²) in [5.74, 6) is 0.734. The van der Waals surface area contributed by atoms with Gasteiger partial charge >= 0.3 is 0 Å². The number of anilines is 2. The molecule has 0 aliphatic rings. The Kier molecular flexibility index (Phi) is 5.01. The Labute approximate surface area is 122 Å². The van der Waals surface area contributed by atoms with E-state index in [1.165, 1.54) is 0 Å². The fourth-order valence-electron chi connectivity index (χ4n) is 1.70. The summed E-state index contributed by atoms with van der Waals surface area (Å²) in [5, 5.41) is 2.89. The van der Waals surface area contributed by atoms with Crippen LogP contribution in [-0.4, -0.2) is 16.6 Å². The molecule has 104 valence electrons. The number of aromatic nitrogens is 1. The Morgan fingerprint density at radius 2 is 2.05 bits per heavy atom. The molecule has 20 heavy (non-hydrogen) atoms. The highest BCUT2D eigenvalue weighted by Crippen LogP contribution is 2.21. The molecule has 1 aromatic heterocycles. The standard InChI is InChI=1S/C15H17N3OS/c1-11-13(16)3-2-4-14(11)18-15(19)7-10-20-12-5-8-17-9-6-12/h2-6,8-9H,7,10,16H2,1H3,(H,18,19). The summed E-state index contributed by atoms with van der Waals surface area (Å²) in [6.07, 6.45) is 3.96. The van der Waals surface area contributed by atoms with E-state index in [2.05, 4.69) is 10.3 Å². The van der Waals surface area contributed by atoms with Gasteiger partial charge in [-0.25, -0.2) is 0 Å². The molecule has 0 radical (unpaired) electrons. The molecule has 4 nitrogen and oxygen atoms in total. The van der Waals surface area contributed by atoms with Crippen molar-refractivity contribution in [2.45, 2.75) is 18.2 Å². The van der Waals surface area contributed by atoms with Gasteiger partial charge in [0.2, 0.25) is 5.91 Å². The van der Waals surface area contributed by atoms with Gasteiger partial charge in [-0.15, -0.1) is 11.8 Å². The molecule has 1 aromatic carbocycles. The third-order valence-electron chi connectivity index (χ3n) is 2.90. The highest BCUT2D eigenvalue weighted by molar-refractivity contribution is 7.99. The molecule has 1 heterocycles. The van der Waals surface area contributed by atoms with Gasteiger partial charge in [0.05, 0.1) is 0 Å². The Morgan fingerprint density at radius 1 is 1.30 bits per heavy atom. The van der Waals surface area contributed by atoms with Crippen molar-refractivity contribution in [2.24, 2.45) is 0 Å². The minimum atomic E-state index is 0.000237. The molecular weight excluding hydrogens is 270 g/mol. The first-order chi connectivity index (χ1) is 9.66. The van der Waals surface area contributed by atoms with Gasteiger partial charge in [-0.1, -0.05) is 6.07 Å². The van der Waals surface area contributed by atoms with Crippen LogP contribution in [0.2, 0.25) is 0 Å². The van der Waals surface area contributed by atoms with Crippen LogP contribution in [0.3, 0.4) is 0 Å². The number of nitrogens with one attached hydrogen (secondary N) is 1. The topological polar surface area (TPSA) is 68.0 Å². The van der Waals surface area contributed by atoms with Crippen LogP contribution < -0.4 is 11.1 Å². The van der Waals surface area contributed by atoms with E-state index in [9.17, 15) is 4.79 Å². The lowest BCUT2D eigenvalue weighted by Crippen LogP contribution is -2.13. The van der Waals surface area contributed by atoms with E-state index in [-0.39, 0.29) is 5.91 Å². The zero-order chi connectivity index (χ0) is 14.4. The van der Waals surface area contributed by atoms with Crippen molar-refractivity contribution in [3.63, 3.8) is 0 Å². The summed E-state index contributed by atoms with van der Waals surface area (Å²) in [6, 6.07) is 9.39. The van der Waals surface area contributed by atoms with Crippen molar-refractivity contribution in [3.8, 4) is 0 Å². The van der Waals surface area contributed by atoms with Crippen molar-refractivity contribution in [1.29, 1.82) is 0 Å². The number of hydrogen-bond acceptors (Lipinski definition) is 4. The summed E-state index contributed by atoms with van der Waals surface area (Å²) in [6.45, 7) is 1.90. The Morgan fingerprint density at radius 3 is 2.80 bits per heavy atom. The molecule has 0 aliphatic heterocycles. The molecule has 0 fully saturated rings. The molecule has 1 amide bonds. The maximum atomic E-state index is 11.9. The first-order valence-corrected chi connectivity index (χ1v) is 7.33. The van der Waals surface area contributed by atoms with Gasteiger partial charge in [-0.05, 0) is 36.8 Å². The predicted octanol–water partition coefficient (Wildman–Crippen LogP) is 3.09. The summed E-state index contributed by atoms with van der Waals surface area (Å²) in [5.41, 5.74) is 8.19. The lowest BCUT2D eigenvalue weighted by molar-refractivity contribution is -0.115. The molecular formula is C15H17N3OS. The number of hydrogen-bond donors (Lipinski definition) is 2. The lowest BCUT2D eigenvalue weighted by Gasteiger charge is -2.10. The SMILES string of the molecule is Cc1c(N)cccc1NC(=O)CCSc1ccncc1. The van der Waals surface area contributed by atoms with Crippen molar-refractivity contribution in [3.05, 3.63) is 48.3 Å². The summed E-state index contributed by atoms with van der Waals surface area (Å²) >= 11 is 1.64. The second kappa shape index (κ2) is 6.96. The molecule has 5 heteroatoms. The molecule has 0 saturated carbocycles. The van der Waals surface area contributed by atoms with Crippen molar-refractivity contribution in [1.82, 2.24) is 4.98 Å². The third-order valence-corrected chi connectivity index (χ3v) is 3.91. The molecule has 0 spiro atoms. The van der Waals surface area contributed by atoms with E-state index >= 15 is 0 Å². The maximum absolute atomic E-state index is 11.9. The number of pyridine rings is 1. The van der Waals surface area contributed by atoms with Gasteiger partial charge in [-0.2, -0.15) is 0 Å². The Hall–Kier alpha value is -2.01. The zero-order valence-corrected chi connectivity index (χ0v) is 12.1. The second-order valence-electron chi connectivity index (χ2n) is 4.35. The van der Waals surface area contributed by atoms with E-state index in [1.54, 1.807) is 24.2 Å². The number of carbonyl (C=O) groups is 1. The number of amides is 1. The smallest absolute Gasteiger partial charge is 0.225 e. The van der Waals surface area contributed by atoms with Gasteiger partial charge in [0.15, 0.2) is 0 Å². The van der Waals surface area contributed by atoms with E-state index in [0.29, 0.717) is 12.1 Å². The average molecular weight is 287 g/mol. The van der Waals surface area contributed by atoms with Crippen LogP contribution in [0.1, 0.15) is 12.0 Å². The Bertz CT molecular complexity index is 587. The van der Waals surface area contributed by atoms with Crippen molar-refractivity contribution < 1.29 is 4.79 Å². The second-order valence-corrected chi connectivity index (χ2v) is 5.52. The number of nitrogens with zero attached hydrogens (tertiary/aromatic N) is 1. The fourth-order valence-corrected chi connectivity index (χ4v) is 2.53. The van der Waals surface area contributed by atoms with E-state index in [1.807, 2.05) is 37.3 Å². The van der Waals surface area contributed by atoms with Gasteiger partial charge in [0.1, 0.15) is 0 Å². The van der Waals surface area contributed by atoms with Crippen LogP contribution in [0.4, 0.5) is 11.4 Å². The Balaban J connectivity index is 1.82.